The molecule has 2 aromatic carbocycles. The first-order chi connectivity index (χ1) is 12.0. The minimum atomic E-state index is -1.09. The number of nitrogens with zero attached hydrogens (tertiary/aromatic N) is 2. The van der Waals surface area contributed by atoms with Crippen molar-refractivity contribution in [3.05, 3.63) is 70.8 Å². The molecule has 4 nitrogen and oxygen atoms in total. The summed E-state index contributed by atoms with van der Waals surface area (Å²) in [4.78, 5) is 0. The summed E-state index contributed by atoms with van der Waals surface area (Å²) >= 11 is 0. The highest BCUT2D eigenvalue weighted by molar-refractivity contribution is 5.29. The standard InChI is InChI=1S/C22H30N2O2/c1-21(2,3)17-11-7-15(8-12-17)19(25)23-24-20(26)16-9-13-18(14-10-16)22(4,5)6/h7-14,19-20,25-26H,1-6H3/b24-23+. The van der Waals surface area contributed by atoms with Gasteiger partial charge in [-0.15, -0.1) is 0 Å². The highest BCUT2D eigenvalue weighted by Crippen LogP contribution is 2.26. The third kappa shape index (κ3) is 5.23. The molecule has 0 aliphatic heterocycles. The van der Waals surface area contributed by atoms with Gasteiger partial charge in [-0.3, -0.25) is 0 Å². The zero-order valence-electron chi connectivity index (χ0n) is 16.6. The summed E-state index contributed by atoms with van der Waals surface area (Å²) in [6, 6.07) is 15.3. The van der Waals surface area contributed by atoms with Crippen LogP contribution in [0, 0.1) is 0 Å². The number of rotatable bonds is 4. The lowest BCUT2D eigenvalue weighted by Gasteiger charge is -2.19. The third-order valence-corrected chi connectivity index (χ3v) is 4.44. The van der Waals surface area contributed by atoms with Crippen molar-refractivity contribution in [3.63, 3.8) is 0 Å². The van der Waals surface area contributed by atoms with Crippen molar-refractivity contribution >= 4 is 0 Å². The van der Waals surface area contributed by atoms with Gasteiger partial charge in [-0.2, -0.15) is 10.2 Å². The summed E-state index contributed by atoms with van der Waals surface area (Å²) in [5.74, 6) is 0. The second-order valence-electron chi connectivity index (χ2n) is 8.72. The zero-order chi connectivity index (χ0) is 19.5. The van der Waals surface area contributed by atoms with E-state index in [2.05, 4.69) is 51.8 Å². The minimum Gasteiger partial charge on any atom is -0.367 e. The maximum atomic E-state index is 10.2. The van der Waals surface area contributed by atoms with Crippen LogP contribution in [0.3, 0.4) is 0 Å². The highest BCUT2D eigenvalue weighted by Gasteiger charge is 2.16. The number of hydrogen-bond donors (Lipinski definition) is 2. The van der Waals surface area contributed by atoms with Gasteiger partial charge in [0.2, 0.25) is 0 Å². The highest BCUT2D eigenvalue weighted by atomic mass is 16.3. The molecule has 0 amide bonds. The molecule has 0 heterocycles. The maximum Gasteiger partial charge on any atom is 0.191 e. The van der Waals surface area contributed by atoms with Gasteiger partial charge < -0.3 is 10.2 Å². The van der Waals surface area contributed by atoms with Gasteiger partial charge in [0.1, 0.15) is 0 Å². The number of aliphatic hydroxyl groups is 2. The molecule has 26 heavy (non-hydrogen) atoms. The molecule has 2 aromatic rings. The van der Waals surface area contributed by atoms with Crippen LogP contribution < -0.4 is 0 Å². The first-order valence-corrected chi connectivity index (χ1v) is 8.95. The third-order valence-electron chi connectivity index (χ3n) is 4.44. The Balaban J connectivity index is 2.06. The molecule has 0 fully saturated rings. The van der Waals surface area contributed by atoms with Gasteiger partial charge in [-0.1, -0.05) is 90.1 Å². The van der Waals surface area contributed by atoms with Crippen LogP contribution in [0.5, 0.6) is 0 Å². The molecule has 0 saturated carbocycles. The van der Waals surface area contributed by atoms with E-state index in [4.69, 9.17) is 0 Å². The molecule has 0 radical (unpaired) electrons. The predicted octanol–water partition coefficient (Wildman–Crippen LogP) is 5.42. The summed E-state index contributed by atoms with van der Waals surface area (Å²) in [6.45, 7) is 12.8. The van der Waals surface area contributed by atoms with E-state index in [1.807, 2.05) is 48.5 Å². The van der Waals surface area contributed by atoms with Gasteiger partial charge in [0.15, 0.2) is 12.5 Å². The predicted molar refractivity (Wildman–Crippen MR) is 105 cm³/mol. The lowest BCUT2D eigenvalue weighted by molar-refractivity contribution is 0.142. The smallest absolute Gasteiger partial charge is 0.191 e. The van der Waals surface area contributed by atoms with Crippen LogP contribution in [0.2, 0.25) is 0 Å². The Morgan fingerprint density at radius 2 is 0.846 bits per heavy atom. The number of azo groups is 1. The molecule has 2 rings (SSSR count). The van der Waals surface area contributed by atoms with Gasteiger partial charge in [0.25, 0.3) is 0 Å². The topological polar surface area (TPSA) is 65.2 Å². The van der Waals surface area contributed by atoms with Gasteiger partial charge in [0.05, 0.1) is 0 Å². The number of hydrogen-bond acceptors (Lipinski definition) is 4. The van der Waals surface area contributed by atoms with Gasteiger partial charge in [0, 0.05) is 11.1 Å². The average molecular weight is 354 g/mol. The van der Waals surface area contributed by atoms with Crippen LogP contribution in [0.15, 0.2) is 58.8 Å². The number of aliphatic hydroxyl groups excluding tert-OH is 2. The van der Waals surface area contributed by atoms with E-state index in [-0.39, 0.29) is 10.8 Å². The van der Waals surface area contributed by atoms with Crippen LogP contribution >= 0.6 is 0 Å². The van der Waals surface area contributed by atoms with Crippen molar-refractivity contribution in [2.75, 3.05) is 0 Å². The van der Waals surface area contributed by atoms with Crippen LogP contribution in [0.1, 0.15) is 76.3 Å². The molecule has 140 valence electrons. The van der Waals surface area contributed by atoms with Crippen molar-refractivity contribution in [1.29, 1.82) is 0 Å². The Kier molecular flexibility index (Phi) is 5.99. The van der Waals surface area contributed by atoms with Crippen molar-refractivity contribution in [2.45, 2.75) is 64.8 Å². The Bertz CT molecular complexity index is 670. The summed E-state index contributed by atoms with van der Waals surface area (Å²) in [5, 5.41) is 28.1. The SMILES string of the molecule is CC(C)(C)c1ccc(C(O)/N=N/C(O)c2ccc(C(C)(C)C)cc2)cc1. The van der Waals surface area contributed by atoms with E-state index < -0.39 is 12.5 Å². The van der Waals surface area contributed by atoms with E-state index in [9.17, 15) is 10.2 Å². The monoisotopic (exact) mass is 354 g/mol. The lowest BCUT2D eigenvalue weighted by Crippen LogP contribution is -2.11. The van der Waals surface area contributed by atoms with E-state index in [1.54, 1.807) is 0 Å². The molecule has 2 N–H and O–H groups in total. The Hall–Kier alpha value is -2.04. The van der Waals surface area contributed by atoms with E-state index in [0.717, 1.165) is 0 Å². The summed E-state index contributed by atoms with van der Waals surface area (Å²) in [6.07, 6.45) is -2.18. The fourth-order valence-corrected chi connectivity index (χ4v) is 2.57. The van der Waals surface area contributed by atoms with E-state index in [1.165, 1.54) is 11.1 Å². The first kappa shape index (κ1) is 20.3. The fraction of sp³-hybridized carbons (Fsp3) is 0.455. The molecule has 0 aliphatic carbocycles. The second-order valence-corrected chi connectivity index (χ2v) is 8.72. The van der Waals surface area contributed by atoms with Crippen molar-refractivity contribution < 1.29 is 10.2 Å². The first-order valence-electron chi connectivity index (χ1n) is 8.95. The summed E-state index contributed by atoms with van der Waals surface area (Å²) < 4.78 is 0. The van der Waals surface area contributed by atoms with Crippen molar-refractivity contribution in [1.82, 2.24) is 0 Å². The minimum absolute atomic E-state index is 0.0560. The van der Waals surface area contributed by atoms with Crippen molar-refractivity contribution in [2.24, 2.45) is 10.2 Å². The molecule has 0 saturated heterocycles. The average Bonchev–Trinajstić information content (AvgIpc) is 2.58. The van der Waals surface area contributed by atoms with Gasteiger partial charge in [-0.05, 0) is 22.0 Å². The second kappa shape index (κ2) is 7.68. The Labute approximate surface area is 156 Å². The molecule has 2 unspecified atom stereocenters. The van der Waals surface area contributed by atoms with Crippen LogP contribution in [-0.2, 0) is 10.8 Å². The van der Waals surface area contributed by atoms with E-state index in [0.29, 0.717) is 11.1 Å². The molecule has 2 atom stereocenters. The Morgan fingerprint density at radius 3 is 1.08 bits per heavy atom. The van der Waals surface area contributed by atoms with Crippen LogP contribution in [0.25, 0.3) is 0 Å². The Morgan fingerprint density at radius 1 is 0.577 bits per heavy atom. The normalized spacial score (nSPS) is 15.2. The van der Waals surface area contributed by atoms with Crippen LogP contribution in [-0.4, -0.2) is 10.2 Å². The molecule has 0 aliphatic rings. The molecule has 0 spiro atoms. The summed E-state index contributed by atoms with van der Waals surface area (Å²) in [5.41, 5.74) is 3.78. The van der Waals surface area contributed by atoms with Crippen molar-refractivity contribution in [3.8, 4) is 0 Å². The van der Waals surface area contributed by atoms with Gasteiger partial charge in [-0.25, -0.2) is 0 Å². The molecule has 4 heteroatoms. The quantitative estimate of drug-likeness (QED) is 0.720. The molecular weight excluding hydrogens is 324 g/mol. The largest absolute Gasteiger partial charge is 0.367 e. The molecule has 0 aromatic heterocycles. The fourth-order valence-electron chi connectivity index (χ4n) is 2.57. The van der Waals surface area contributed by atoms with Gasteiger partial charge >= 0.3 is 0 Å². The molecule has 0 bridgehead atoms. The zero-order valence-corrected chi connectivity index (χ0v) is 16.6. The summed E-state index contributed by atoms with van der Waals surface area (Å²) in [7, 11) is 0. The van der Waals surface area contributed by atoms with E-state index >= 15 is 0 Å². The number of benzene rings is 2. The maximum absolute atomic E-state index is 10.2. The lowest BCUT2D eigenvalue weighted by atomic mass is 9.86. The van der Waals surface area contributed by atoms with Crippen LogP contribution in [0.4, 0.5) is 0 Å². The molecular formula is C22H30N2O2.